The molecule has 2 N–H and O–H groups in total. The van der Waals surface area contributed by atoms with E-state index in [0.29, 0.717) is 39.3 Å². The summed E-state index contributed by atoms with van der Waals surface area (Å²) in [5.41, 5.74) is 1.04. The maximum Gasteiger partial charge on any atom is 0.314 e. The van der Waals surface area contributed by atoms with E-state index in [9.17, 15) is 13.2 Å². The quantitative estimate of drug-likeness (QED) is 0.570. The van der Waals surface area contributed by atoms with Crippen molar-refractivity contribution in [3.63, 3.8) is 0 Å². The maximum atomic E-state index is 12.5. The minimum absolute atomic E-state index is 0.0693. The Morgan fingerprint density at radius 3 is 2.26 bits per heavy atom. The van der Waals surface area contributed by atoms with Gasteiger partial charge in [0.05, 0.1) is 19.5 Å². The van der Waals surface area contributed by atoms with Crippen LogP contribution in [0.15, 0.2) is 24.3 Å². The number of nitrogens with one attached hydrogen (secondary N) is 2. The highest BCUT2D eigenvalue weighted by Gasteiger charge is 2.26. The van der Waals surface area contributed by atoms with Crippen LogP contribution in [-0.2, 0) is 14.8 Å². The molecule has 1 aliphatic rings. The zero-order valence-corrected chi connectivity index (χ0v) is 16.6. The van der Waals surface area contributed by atoms with Crippen molar-refractivity contribution < 1.29 is 22.7 Å². The average molecular weight is 401 g/mol. The fourth-order valence-corrected chi connectivity index (χ4v) is 4.11. The van der Waals surface area contributed by atoms with E-state index in [4.69, 9.17) is 9.47 Å². The second-order valence-corrected chi connectivity index (χ2v) is 8.16. The average Bonchev–Trinajstić information content (AvgIpc) is 2.68. The van der Waals surface area contributed by atoms with Gasteiger partial charge in [0.15, 0.2) is 0 Å². The summed E-state index contributed by atoms with van der Waals surface area (Å²) in [5, 5.41) is 5.13. The van der Waals surface area contributed by atoms with E-state index in [-0.39, 0.29) is 12.3 Å². The molecule has 0 spiro atoms. The Hall–Kier alpha value is -2.04. The molecule has 1 saturated heterocycles. The number of carbonyl (C=O) groups excluding carboxylic acids is 1. The van der Waals surface area contributed by atoms with Gasteiger partial charge in [0.25, 0.3) is 0 Å². The van der Waals surface area contributed by atoms with Gasteiger partial charge >= 0.3 is 6.03 Å². The lowest BCUT2D eigenvalue weighted by Crippen LogP contribution is -2.50. The number of benzene rings is 1. The van der Waals surface area contributed by atoms with E-state index in [1.54, 1.807) is 14.2 Å². The molecule has 0 saturated carbocycles. The number of hydrogen-bond acceptors (Lipinski definition) is 6. The van der Waals surface area contributed by atoms with Crippen LogP contribution in [-0.4, -0.2) is 84.6 Å². The molecule has 0 aromatic heterocycles. The predicted octanol–water partition coefficient (Wildman–Crippen LogP) is 0.0926. The molecular weight excluding hydrogens is 372 g/mol. The van der Waals surface area contributed by atoms with Gasteiger partial charge in [0.1, 0.15) is 5.75 Å². The maximum absolute atomic E-state index is 12.5. The van der Waals surface area contributed by atoms with Gasteiger partial charge in [0.2, 0.25) is 10.0 Å². The number of sulfonamides is 1. The highest BCUT2D eigenvalue weighted by molar-refractivity contribution is 7.89. The molecule has 10 heteroatoms. The topological polar surface area (TPSA) is 100 Å². The van der Waals surface area contributed by atoms with Crippen molar-refractivity contribution in [2.24, 2.45) is 0 Å². The Morgan fingerprint density at radius 2 is 1.67 bits per heavy atom. The van der Waals surface area contributed by atoms with Gasteiger partial charge in [-0.2, -0.15) is 4.31 Å². The molecule has 1 heterocycles. The lowest BCUT2D eigenvalue weighted by atomic mass is 10.2. The fourth-order valence-electron chi connectivity index (χ4n) is 2.77. The van der Waals surface area contributed by atoms with Crippen LogP contribution in [0, 0.1) is 0 Å². The number of nitrogens with zero attached hydrogens (tertiary/aromatic N) is 2. The Kier molecular flexibility index (Phi) is 8.14. The van der Waals surface area contributed by atoms with Crippen molar-refractivity contribution in [3.05, 3.63) is 24.3 Å². The number of piperazine rings is 1. The number of urea groups is 1. The summed E-state index contributed by atoms with van der Waals surface area (Å²) in [6.45, 7) is 2.95. The molecule has 1 fully saturated rings. The third kappa shape index (κ3) is 6.56. The Bertz CT molecular complexity index is 688. The number of hydrogen-bond donors (Lipinski definition) is 2. The number of methoxy groups -OCH3 is 2. The molecule has 0 radical (unpaired) electrons. The van der Waals surface area contributed by atoms with Gasteiger partial charge in [-0.15, -0.1) is 0 Å². The van der Waals surface area contributed by atoms with Crippen molar-refractivity contribution in [2.45, 2.75) is 0 Å². The van der Waals surface area contributed by atoms with Crippen LogP contribution >= 0.6 is 0 Å². The summed E-state index contributed by atoms with van der Waals surface area (Å²) in [5.74, 6) is 0.673. The molecule has 9 nitrogen and oxygen atoms in total. The Labute approximate surface area is 160 Å². The van der Waals surface area contributed by atoms with Crippen molar-refractivity contribution >= 4 is 21.7 Å². The number of amides is 2. The number of carbonyl (C=O) groups is 1. The zero-order chi connectivity index (χ0) is 19.7. The first-order valence-corrected chi connectivity index (χ1v) is 10.4. The monoisotopic (exact) mass is 400 g/mol. The van der Waals surface area contributed by atoms with Gasteiger partial charge in [-0.3, -0.25) is 0 Å². The number of ether oxygens (including phenoxy) is 2. The van der Waals surface area contributed by atoms with Crippen LogP contribution in [0.2, 0.25) is 0 Å². The predicted molar refractivity (Wildman–Crippen MR) is 104 cm³/mol. The molecule has 2 amide bonds. The third-order valence-electron chi connectivity index (χ3n) is 4.31. The SMILES string of the molecule is COCCNC(=O)NCCS(=O)(=O)N1CCN(c2ccc(OC)cc2)CC1. The minimum atomic E-state index is -3.40. The van der Waals surface area contributed by atoms with Gasteiger partial charge < -0.3 is 25.0 Å². The third-order valence-corrected chi connectivity index (χ3v) is 6.18. The van der Waals surface area contributed by atoms with Crippen LogP contribution in [0.25, 0.3) is 0 Å². The summed E-state index contributed by atoms with van der Waals surface area (Å²) < 4.78 is 36.4. The second kappa shape index (κ2) is 10.3. The van der Waals surface area contributed by atoms with E-state index in [0.717, 1.165) is 11.4 Å². The minimum Gasteiger partial charge on any atom is -0.497 e. The largest absolute Gasteiger partial charge is 0.497 e. The van der Waals surface area contributed by atoms with Gasteiger partial charge in [-0.25, -0.2) is 13.2 Å². The molecule has 2 rings (SSSR count). The number of anilines is 1. The van der Waals surface area contributed by atoms with Crippen LogP contribution in [0.1, 0.15) is 0 Å². The lowest BCUT2D eigenvalue weighted by Gasteiger charge is -2.35. The lowest BCUT2D eigenvalue weighted by molar-refractivity contribution is 0.196. The molecule has 1 aliphatic heterocycles. The van der Waals surface area contributed by atoms with Gasteiger partial charge in [-0.1, -0.05) is 0 Å². The molecule has 0 atom stereocenters. The highest BCUT2D eigenvalue weighted by Crippen LogP contribution is 2.21. The van der Waals surface area contributed by atoms with Crippen molar-refractivity contribution in [3.8, 4) is 5.75 Å². The molecule has 1 aromatic carbocycles. The van der Waals surface area contributed by atoms with Crippen molar-refractivity contribution in [2.75, 3.05) is 70.7 Å². The molecule has 0 unspecified atom stereocenters. The second-order valence-electron chi connectivity index (χ2n) is 6.08. The summed E-state index contributed by atoms with van der Waals surface area (Å²) in [7, 11) is -0.237. The van der Waals surface area contributed by atoms with Crippen LogP contribution < -0.4 is 20.3 Å². The van der Waals surface area contributed by atoms with E-state index < -0.39 is 16.1 Å². The van der Waals surface area contributed by atoms with Gasteiger partial charge in [-0.05, 0) is 24.3 Å². The summed E-state index contributed by atoms with van der Waals surface area (Å²) in [6, 6.07) is 7.32. The van der Waals surface area contributed by atoms with Crippen LogP contribution in [0.3, 0.4) is 0 Å². The summed E-state index contributed by atoms with van der Waals surface area (Å²) >= 11 is 0. The molecule has 27 heavy (non-hydrogen) atoms. The zero-order valence-electron chi connectivity index (χ0n) is 15.8. The van der Waals surface area contributed by atoms with Crippen LogP contribution in [0.4, 0.5) is 10.5 Å². The Morgan fingerprint density at radius 1 is 1.04 bits per heavy atom. The van der Waals surface area contributed by atoms with E-state index in [1.165, 1.54) is 4.31 Å². The van der Waals surface area contributed by atoms with E-state index in [1.807, 2.05) is 24.3 Å². The molecule has 0 bridgehead atoms. The molecular formula is C17H28N4O5S. The first-order chi connectivity index (χ1) is 13.0. The first kappa shape index (κ1) is 21.3. The highest BCUT2D eigenvalue weighted by atomic mass is 32.2. The standard InChI is InChI=1S/C17H28N4O5S/c1-25-13-7-18-17(22)19-8-14-27(23,24)21-11-9-20(10-12-21)15-3-5-16(26-2)6-4-15/h3-6H,7-14H2,1-2H3,(H2,18,19,22). The van der Waals surface area contributed by atoms with E-state index >= 15 is 0 Å². The smallest absolute Gasteiger partial charge is 0.314 e. The van der Waals surface area contributed by atoms with Crippen molar-refractivity contribution in [1.82, 2.24) is 14.9 Å². The van der Waals surface area contributed by atoms with Crippen LogP contribution in [0.5, 0.6) is 5.75 Å². The summed E-state index contributed by atoms with van der Waals surface area (Å²) in [4.78, 5) is 13.7. The Balaban J connectivity index is 1.75. The fraction of sp³-hybridized carbons (Fsp3) is 0.588. The molecule has 1 aromatic rings. The number of rotatable bonds is 9. The van der Waals surface area contributed by atoms with Crippen molar-refractivity contribution in [1.29, 1.82) is 0 Å². The molecule has 0 aliphatic carbocycles. The van der Waals surface area contributed by atoms with E-state index in [2.05, 4.69) is 15.5 Å². The first-order valence-electron chi connectivity index (χ1n) is 8.83. The normalized spacial score (nSPS) is 15.4. The van der Waals surface area contributed by atoms with Gasteiger partial charge in [0, 0.05) is 52.1 Å². The molecule has 152 valence electrons. The summed E-state index contributed by atoms with van der Waals surface area (Å²) in [6.07, 6.45) is 0.